The van der Waals surface area contributed by atoms with Crippen LogP contribution in [0.4, 0.5) is 0 Å². The Morgan fingerprint density at radius 3 is 2.62 bits per heavy atom. The van der Waals surface area contributed by atoms with Crippen LogP contribution in [0.5, 0.6) is 0 Å². The minimum atomic E-state index is -0.325. The maximum absolute atomic E-state index is 11.6. The summed E-state index contributed by atoms with van der Waals surface area (Å²) in [6.45, 7) is 4.17. The number of ether oxygens (including phenoxy) is 1. The van der Waals surface area contributed by atoms with Gasteiger partial charge in [0.1, 0.15) is 0 Å². The minimum absolute atomic E-state index is 0.125. The fourth-order valence-corrected chi connectivity index (χ4v) is 1.64. The molecule has 1 aromatic carbocycles. The Morgan fingerprint density at radius 2 is 2.06 bits per heavy atom. The summed E-state index contributed by atoms with van der Waals surface area (Å²) < 4.78 is 4.75. The number of esters is 1. The molecule has 0 aliphatic rings. The fraction of sp³-hybridized carbons (Fsp3) is 0.462. The minimum Gasteiger partial charge on any atom is -0.465 e. The standard InChI is InChI=1S/C13H19NO2/c1-4-9(2)12(14)10-7-5-6-8-11(10)13(15)16-3/h5-9,12H,4,14H2,1-3H3/t9?,12-/m1/s1. The quantitative estimate of drug-likeness (QED) is 0.795. The number of hydrogen-bond donors (Lipinski definition) is 1. The second-order valence-corrected chi connectivity index (χ2v) is 3.99. The van der Waals surface area contributed by atoms with Gasteiger partial charge < -0.3 is 10.5 Å². The summed E-state index contributed by atoms with van der Waals surface area (Å²) >= 11 is 0. The lowest BCUT2D eigenvalue weighted by Crippen LogP contribution is -2.21. The van der Waals surface area contributed by atoms with Crippen LogP contribution in [-0.4, -0.2) is 13.1 Å². The molecule has 0 aromatic heterocycles. The molecule has 0 radical (unpaired) electrons. The van der Waals surface area contributed by atoms with Crippen LogP contribution in [0.3, 0.4) is 0 Å². The van der Waals surface area contributed by atoms with Crippen LogP contribution in [0.1, 0.15) is 42.2 Å². The van der Waals surface area contributed by atoms with Crippen LogP contribution in [0, 0.1) is 5.92 Å². The van der Waals surface area contributed by atoms with Gasteiger partial charge >= 0.3 is 5.97 Å². The third kappa shape index (κ3) is 2.61. The van der Waals surface area contributed by atoms with Crippen molar-refractivity contribution in [2.75, 3.05) is 7.11 Å². The first-order chi connectivity index (χ1) is 7.61. The van der Waals surface area contributed by atoms with Crippen molar-refractivity contribution in [1.29, 1.82) is 0 Å². The monoisotopic (exact) mass is 221 g/mol. The number of methoxy groups -OCH3 is 1. The van der Waals surface area contributed by atoms with Crippen molar-refractivity contribution in [3.05, 3.63) is 35.4 Å². The van der Waals surface area contributed by atoms with Crippen molar-refractivity contribution in [3.8, 4) is 0 Å². The molecule has 2 N–H and O–H groups in total. The molecule has 88 valence electrons. The number of nitrogens with two attached hydrogens (primary N) is 1. The van der Waals surface area contributed by atoms with E-state index in [4.69, 9.17) is 10.5 Å². The number of carbonyl (C=O) groups is 1. The van der Waals surface area contributed by atoms with Crippen molar-refractivity contribution < 1.29 is 9.53 Å². The summed E-state index contributed by atoms with van der Waals surface area (Å²) in [5.41, 5.74) is 7.57. The topological polar surface area (TPSA) is 52.3 Å². The Kier molecular flexibility index (Phi) is 4.50. The van der Waals surface area contributed by atoms with Gasteiger partial charge in [-0.1, -0.05) is 38.5 Å². The lowest BCUT2D eigenvalue weighted by atomic mass is 9.90. The number of benzene rings is 1. The fourth-order valence-electron chi connectivity index (χ4n) is 1.64. The second-order valence-electron chi connectivity index (χ2n) is 3.99. The Bertz CT molecular complexity index is 363. The predicted octanol–water partition coefficient (Wildman–Crippen LogP) is 2.52. The molecule has 0 saturated heterocycles. The van der Waals surface area contributed by atoms with E-state index in [0.717, 1.165) is 12.0 Å². The zero-order valence-corrected chi connectivity index (χ0v) is 10.1. The van der Waals surface area contributed by atoms with Crippen molar-refractivity contribution in [1.82, 2.24) is 0 Å². The molecule has 3 heteroatoms. The second kappa shape index (κ2) is 5.66. The van der Waals surface area contributed by atoms with Crippen molar-refractivity contribution in [2.45, 2.75) is 26.3 Å². The van der Waals surface area contributed by atoms with E-state index in [1.165, 1.54) is 7.11 Å². The van der Waals surface area contributed by atoms with Crippen LogP contribution in [0.2, 0.25) is 0 Å². The molecular weight excluding hydrogens is 202 g/mol. The average molecular weight is 221 g/mol. The summed E-state index contributed by atoms with van der Waals surface area (Å²) in [6.07, 6.45) is 0.983. The Balaban J connectivity index is 3.08. The molecule has 1 rings (SSSR count). The van der Waals surface area contributed by atoms with Gasteiger partial charge in [0.2, 0.25) is 0 Å². The predicted molar refractivity (Wildman–Crippen MR) is 64.2 cm³/mol. The molecule has 0 bridgehead atoms. The zero-order valence-electron chi connectivity index (χ0n) is 10.1. The van der Waals surface area contributed by atoms with Crippen molar-refractivity contribution >= 4 is 5.97 Å². The lowest BCUT2D eigenvalue weighted by Gasteiger charge is -2.20. The molecular formula is C13H19NO2. The molecule has 1 aromatic rings. The molecule has 16 heavy (non-hydrogen) atoms. The Hall–Kier alpha value is -1.35. The van der Waals surface area contributed by atoms with Crippen LogP contribution >= 0.6 is 0 Å². The smallest absolute Gasteiger partial charge is 0.338 e. The third-order valence-electron chi connectivity index (χ3n) is 2.98. The van der Waals surface area contributed by atoms with Crippen LogP contribution in [0.25, 0.3) is 0 Å². The summed E-state index contributed by atoms with van der Waals surface area (Å²) in [5.74, 6) is 0.0140. The van der Waals surface area contributed by atoms with Gasteiger partial charge in [-0.25, -0.2) is 4.79 Å². The van der Waals surface area contributed by atoms with E-state index in [2.05, 4.69) is 13.8 Å². The van der Waals surface area contributed by atoms with Crippen molar-refractivity contribution in [2.24, 2.45) is 11.7 Å². The third-order valence-corrected chi connectivity index (χ3v) is 2.98. The van der Waals surface area contributed by atoms with Gasteiger partial charge in [0.15, 0.2) is 0 Å². The molecule has 0 fully saturated rings. The normalized spacial score (nSPS) is 14.2. The zero-order chi connectivity index (χ0) is 12.1. The number of rotatable bonds is 4. The van der Waals surface area contributed by atoms with Gasteiger partial charge in [-0.15, -0.1) is 0 Å². The van der Waals surface area contributed by atoms with Crippen molar-refractivity contribution in [3.63, 3.8) is 0 Å². The highest BCUT2D eigenvalue weighted by atomic mass is 16.5. The van der Waals surface area contributed by atoms with E-state index in [1.54, 1.807) is 6.07 Å². The molecule has 2 atom stereocenters. The lowest BCUT2D eigenvalue weighted by molar-refractivity contribution is 0.0598. The Labute approximate surface area is 96.6 Å². The average Bonchev–Trinajstić information content (AvgIpc) is 2.35. The molecule has 1 unspecified atom stereocenters. The van der Waals surface area contributed by atoms with Gasteiger partial charge in [-0.2, -0.15) is 0 Å². The largest absolute Gasteiger partial charge is 0.465 e. The molecule has 0 heterocycles. The first-order valence-corrected chi connectivity index (χ1v) is 5.54. The van der Waals surface area contributed by atoms with Crippen LogP contribution in [-0.2, 0) is 4.74 Å². The van der Waals surface area contributed by atoms with E-state index < -0.39 is 0 Å². The Morgan fingerprint density at radius 1 is 1.44 bits per heavy atom. The summed E-state index contributed by atoms with van der Waals surface area (Å²) in [5, 5.41) is 0. The summed E-state index contributed by atoms with van der Waals surface area (Å²) in [7, 11) is 1.38. The molecule has 0 aliphatic heterocycles. The number of carbonyl (C=O) groups excluding carboxylic acids is 1. The highest BCUT2D eigenvalue weighted by molar-refractivity contribution is 5.91. The maximum atomic E-state index is 11.6. The van der Waals surface area contributed by atoms with E-state index in [0.29, 0.717) is 11.5 Å². The highest BCUT2D eigenvalue weighted by Crippen LogP contribution is 2.25. The number of hydrogen-bond acceptors (Lipinski definition) is 3. The van der Waals surface area contributed by atoms with Crippen LogP contribution in [0.15, 0.2) is 24.3 Å². The maximum Gasteiger partial charge on any atom is 0.338 e. The van der Waals surface area contributed by atoms with Gasteiger partial charge in [-0.3, -0.25) is 0 Å². The molecule has 3 nitrogen and oxygen atoms in total. The van der Waals surface area contributed by atoms with Gasteiger partial charge in [0.05, 0.1) is 12.7 Å². The highest BCUT2D eigenvalue weighted by Gasteiger charge is 2.19. The molecule has 0 saturated carbocycles. The first kappa shape index (κ1) is 12.7. The first-order valence-electron chi connectivity index (χ1n) is 5.54. The van der Waals surface area contributed by atoms with E-state index >= 15 is 0 Å². The van der Waals surface area contributed by atoms with E-state index in [1.807, 2.05) is 18.2 Å². The van der Waals surface area contributed by atoms with Crippen LogP contribution < -0.4 is 5.73 Å². The van der Waals surface area contributed by atoms with Gasteiger partial charge in [0.25, 0.3) is 0 Å². The van der Waals surface area contributed by atoms with Gasteiger partial charge in [0, 0.05) is 6.04 Å². The molecule has 0 aliphatic carbocycles. The summed E-state index contributed by atoms with van der Waals surface area (Å²) in [6, 6.07) is 7.23. The van der Waals surface area contributed by atoms with Gasteiger partial charge in [-0.05, 0) is 17.5 Å². The van der Waals surface area contributed by atoms with E-state index in [9.17, 15) is 4.79 Å². The summed E-state index contributed by atoms with van der Waals surface area (Å²) in [4.78, 5) is 11.6. The molecule has 0 amide bonds. The molecule has 0 spiro atoms. The SMILES string of the molecule is CCC(C)[C@@H](N)c1ccccc1C(=O)OC. The van der Waals surface area contributed by atoms with E-state index in [-0.39, 0.29) is 12.0 Å².